The molecule has 110 valence electrons. The Morgan fingerprint density at radius 1 is 1.18 bits per heavy atom. The molecule has 2 aromatic carbocycles. The molecule has 3 aromatic rings. The monoisotopic (exact) mass is 315 g/mol. The minimum absolute atomic E-state index is 0.181. The van der Waals surface area contributed by atoms with Crippen molar-refractivity contribution in [2.24, 2.45) is 0 Å². The van der Waals surface area contributed by atoms with Crippen LogP contribution in [-0.2, 0) is 0 Å². The van der Waals surface area contributed by atoms with Crippen molar-refractivity contribution in [1.29, 1.82) is 0 Å². The number of H-pyrrole nitrogens is 1. The van der Waals surface area contributed by atoms with Crippen molar-refractivity contribution >= 4 is 40.1 Å². The van der Waals surface area contributed by atoms with Gasteiger partial charge in [0.25, 0.3) is 5.56 Å². The summed E-state index contributed by atoms with van der Waals surface area (Å²) < 4.78 is 0. The van der Waals surface area contributed by atoms with Crippen LogP contribution in [0.4, 0.5) is 11.6 Å². The van der Waals surface area contributed by atoms with Crippen molar-refractivity contribution in [2.75, 3.05) is 5.32 Å². The van der Waals surface area contributed by atoms with Crippen LogP contribution < -0.4 is 10.9 Å². The highest BCUT2D eigenvalue weighted by Gasteiger charge is 2.06. The molecule has 7 heteroatoms. The Labute approximate surface area is 129 Å². The van der Waals surface area contributed by atoms with E-state index in [1.165, 1.54) is 12.1 Å². The summed E-state index contributed by atoms with van der Waals surface area (Å²) >= 11 is 5.86. The van der Waals surface area contributed by atoms with Crippen LogP contribution in [0.3, 0.4) is 0 Å². The highest BCUT2D eigenvalue weighted by atomic mass is 35.5. The van der Waals surface area contributed by atoms with Gasteiger partial charge in [-0.15, -0.1) is 0 Å². The number of aromatic nitrogens is 2. The van der Waals surface area contributed by atoms with Crippen molar-refractivity contribution in [3.63, 3.8) is 0 Å². The molecule has 0 unspecified atom stereocenters. The molecule has 0 aliphatic rings. The second-order valence-corrected chi connectivity index (χ2v) is 5.02. The standard InChI is InChI=1S/C15H10ClN3O3/c16-9-3-6-12-11(7-9)13(20)19-15(18-12)17-10-4-1-8(2-5-10)14(21)22/h1-7H,(H,21,22)(H2,17,18,19,20). The van der Waals surface area contributed by atoms with E-state index < -0.39 is 11.5 Å². The lowest BCUT2D eigenvalue weighted by Crippen LogP contribution is -2.11. The van der Waals surface area contributed by atoms with E-state index in [0.29, 0.717) is 21.6 Å². The van der Waals surface area contributed by atoms with Crippen molar-refractivity contribution in [3.8, 4) is 0 Å². The number of nitrogens with zero attached hydrogens (tertiary/aromatic N) is 1. The zero-order valence-electron chi connectivity index (χ0n) is 11.1. The van der Waals surface area contributed by atoms with E-state index in [9.17, 15) is 9.59 Å². The smallest absolute Gasteiger partial charge is 0.335 e. The molecule has 0 bridgehead atoms. The number of nitrogens with one attached hydrogen (secondary N) is 2. The van der Waals surface area contributed by atoms with E-state index in [4.69, 9.17) is 16.7 Å². The first-order valence-corrected chi connectivity index (χ1v) is 6.71. The van der Waals surface area contributed by atoms with Gasteiger partial charge in [0.15, 0.2) is 0 Å². The van der Waals surface area contributed by atoms with E-state index in [2.05, 4.69) is 15.3 Å². The summed E-state index contributed by atoms with van der Waals surface area (Å²) in [6.07, 6.45) is 0. The SMILES string of the molecule is O=C(O)c1ccc(Nc2nc(=O)c3cc(Cl)ccc3[nH]2)cc1. The van der Waals surface area contributed by atoms with Crippen LogP contribution in [0.5, 0.6) is 0 Å². The fraction of sp³-hybridized carbons (Fsp3) is 0. The second-order valence-electron chi connectivity index (χ2n) is 4.59. The minimum atomic E-state index is -0.999. The van der Waals surface area contributed by atoms with Crippen LogP contribution >= 0.6 is 11.6 Å². The van der Waals surface area contributed by atoms with E-state index in [1.54, 1.807) is 30.3 Å². The minimum Gasteiger partial charge on any atom is -0.478 e. The molecule has 0 aliphatic carbocycles. The zero-order chi connectivity index (χ0) is 15.7. The number of carboxylic acids is 1. The van der Waals surface area contributed by atoms with Gasteiger partial charge in [0.2, 0.25) is 5.95 Å². The third-order valence-corrected chi connectivity index (χ3v) is 3.31. The van der Waals surface area contributed by atoms with Gasteiger partial charge in [0.05, 0.1) is 16.5 Å². The summed E-state index contributed by atoms with van der Waals surface area (Å²) in [5.41, 5.74) is 0.997. The van der Waals surface area contributed by atoms with Crippen LogP contribution in [-0.4, -0.2) is 21.0 Å². The maximum Gasteiger partial charge on any atom is 0.335 e. The Morgan fingerprint density at radius 2 is 1.91 bits per heavy atom. The van der Waals surface area contributed by atoms with E-state index in [0.717, 1.165) is 0 Å². The van der Waals surface area contributed by atoms with Crippen LogP contribution in [0.1, 0.15) is 10.4 Å². The van der Waals surface area contributed by atoms with Crippen molar-refractivity contribution < 1.29 is 9.90 Å². The zero-order valence-corrected chi connectivity index (χ0v) is 11.9. The first-order valence-electron chi connectivity index (χ1n) is 6.33. The molecule has 0 aliphatic heterocycles. The Kier molecular flexibility index (Phi) is 3.52. The van der Waals surface area contributed by atoms with Gasteiger partial charge in [-0.2, -0.15) is 4.98 Å². The van der Waals surface area contributed by atoms with Gasteiger partial charge in [0, 0.05) is 10.7 Å². The van der Waals surface area contributed by atoms with Gasteiger partial charge in [-0.3, -0.25) is 4.79 Å². The van der Waals surface area contributed by atoms with Crippen LogP contribution in [0, 0.1) is 0 Å². The predicted molar refractivity (Wildman–Crippen MR) is 84.1 cm³/mol. The molecular formula is C15H10ClN3O3. The molecule has 0 spiro atoms. The third-order valence-electron chi connectivity index (χ3n) is 3.07. The number of aromatic carboxylic acids is 1. The van der Waals surface area contributed by atoms with E-state index in [1.807, 2.05) is 0 Å². The van der Waals surface area contributed by atoms with Gasteiger partial charge >= 0.3 is 5.97 Å². The molecule has 0 atom stereocenters. The number of hydrogen-bond acceptors (Lipinski definition) is 4. The lowest BCUT2D eigenvalue weighted by molar-refractivity contribution is 0.0697. The number of carbonyl (C=O) groups is 1. The molecule has 0 amide bonds. The van der Waals surface area contributed by atoms with Crippen LogP contribution in [0.15, 0.2) is 47.3 Å². The van der Waals surface area contributed by atoms with Gasteiger partial charge in [-0.25, -0.2) is 4.79 Å². The maximum atomic E-state index is 12.0. The van der Waals surface area contributed by atoms with Gasteiger partial charge in [-0.05, 0) is 42.5 Å². The fourth-order valence-electron chi connectivity index (χ4n) is 2.01. The maximum absolute atomic E-state index is 12.0. The topological polar surface area (TPSA) is 95.1 Å². The Morgan fingerprint density at radius 3 is 2.59 bits per heavy atom. The molecule has 1 aromatic heterocycles. The average Bonchev–Trinajstić information content (AvgIpc) is 2.49. The fourth-order valence-corrected chi connectivity index (χ4v) is 2.18. The first-order chi connectivity index (χ1) is 10.5. The lowest BCUT2D eigenvalue weighted by Gasteiger charge is -2.07. The number of aromatic amines is 1. The number of carboxylic acid groups (broad SMARTS) is 1. The average molecular weight is 316 g/mol. The highest BCUT2D eigenvalue weighted by Crippen LogP contribution is 2.18. The second kappa shape index (κ2) is 5.50. The van der Waals surface area contributed by atoms with Crippen molar-refractivity contribution in [2.45, 2.75) is 0 Å². The van der Waals surface area contributed by atoms with Crippen LogP contribution in [0.25, 0.3) is 10.9 Å². The summed E-state index contributed by atoms with van der Waals surface area (Å²) in [5, 5.41) is 12.6. The molecule has 1 heterocycles. The summed E-state index contributed by atoms with van der Waals surface area (Å²) in [4.78, 5) is 29.7. The Balaban J connectivity index is 1.95. The number of fused-ring (bicyclic) bond motifs is 1. The normalized spacial score (nSPS) is 10.6. The summed E-state index contributed by atoms with van der Waals surface area (Å²) in [5.74, 6) is -0.733. The molecule has 3 rings (SSSR count). The van der Waals surface area contributed by atoms with E-state index in [-0.39, 0.29) is 11.5 Å². The first kappa shape index (κ1) is 14.1. The Hall–Kier alpha value is -2.86. The third kappa shape index (κ3) is 2.77. The van der Waals surface area contributed by atoms with Gasteiger partial charge in [0.1, 0.15) is 0 Å². The molecule has 0 radical (unpaired) electrons. The number of anilines is 2. The number of halogens is 1. The highest BCUT2D eigenvalue weighted by molar-refractivity contribution is 6.31. The van der Waals surface area contributed by atoms with Gasteiger partial charge < -0.3 is 15.4 Å². The number of rotatable bonds is 3. The lowest BCUT2D eigenvalue weighted by atomic mass is 10.2. The molecule has 3 N–H and O–H groups in total. The van der Waals surface area contributed by atoms with Crippen molar-refractivity contribution in [1.82, 2.24) is 9.97 Å². The predicted octanol–water partition coefficient (Wildman–Crippen LogP) is 3.02. The van der Waals surface area contributed by atoms with Crippen molar-refractivity contribution in [3.05, 3.63) is 63.4 Å². The molecular weight excluding hydrogens is 306 g/mol. The van der Waals surface area contributed by atoms with Crippen LogP contribution in [0.2, 0.25) is 5.02 Å². The molecule has 0 fully saturated rings. The molecule has 0 saturated carbocycles. The van der Waals surface area contributed by atoms with E-state index >= 15 is 0 Å². The molecule has 6 nitrogen and oxygen atoms in total. The molecule has 0 saturated heterocycles. The summed E-state index contributed by atoms with van der Waals surface area (Å²) in [7, 11) is 0. The largest absolute Gasteiger partial charge is 0.478 e. The Bertz CT molecular complexity index is 919. The quantitative estimate of drug-likeness (QED) is 0.690. The summed E-state index contributed by atoms with van der Waals surface area (Å²) in [6, 6.07) is 11.0. The number of hydrogen-bond donors (Lipinski definition) is 3. The summed E-state index contributed by atoms with van der Waals surface area (Å²) in [6.45, 7) is 0. The molecule has 22 heavy (non-hydrogen) atoms. The number of benzene rings is 2. The van der Waals surface area contributed by atoms with Gasteiger partial charge in [-0.1, -0.05) is 11.6 Å².